The van der Waals surface area contributed by atoms with Crippen LogP contribution in [0.1, 0.15) is 29.7 Å². The van der Waals surface area contributed by atoms with E-state index in [-0.39, 0.29) is 6.04 Å². The second kappa shape index (κ2) is 12.3. The fourth-order valence-electron chi connectivity index (χ4n) is 4.22. The first-order chi connectivity index (χ1) is 18.5. The van der Waals surface area contributed by atoms with Gasteiger partial charge in [-0.25, -0.2) is 10.4 Å². The van der Waals surface area contributed by atoms with Crippen molar-refractivity contribution >= 4 is 17.6 Å². The van der Waals surface area contributed by atoms with Crippen LogP contribution in [-0.2, 0) is 4.79 Å². The lowest BCUT2D eigenvalue weighted by atomic mass is 9.94. The molecule has 3 aromatic carbocycles. The molecule has 1 aliphatic heterocycles. The van der Waals surface area contributed by atoms with Gasteiger partial charge in [-0.05, 0) is 59.7 Å². The molecule has 0 aromatic heterocycles. The van der Waals surface area contributed by atoms with Crippen molar-refractivity contribution in [2.24, 2.45) is 11.5 Å². The van der Waals surface area contributed by atoms with E-state index in [4.69, 9.17) is 16.2 Å². The molecule has 0 bridgehead atoms. The van der Waals surface area contributed by atoms with Crippen molar-refractivity contribution in [2.45, 2.75) is 13.0 Å². The molecule has 7 N–H and O–H groups in total. The number of nitrogens with one attached hydrogen (secondary N) is 3. The van der Waals surface area contributed by atoms with Crippen LogP contribution in [-0.4, -0.2) is 18.5 Å². The summed E-state index contributed by atoms with van der Waals surface area (Å²) in [5, 5.41) is 8.17. The standard InChI is InChI=1S/C30H32N6O2/c1-21(22-15-17-25(38-2)18-16-22)29(33-26(32)14-9-19-31)34-30-27(23-10-5-3-6-11-23)28(35-36(30)20-37)24-12-7-4-8-13-24/h3-20,28,33-35H,31-32H2,1-2H3/b19-9-,26-14+,29-21+. The Morgan fingerprint density at radius 3 is 2.26 bits per heavy atom. The molecular formula is C30H32N6O2. The summed E-state index contributed by atoms with van der Waals surface area (Å²) < 4.78 is 5.31. The molecule has 0 saturated carbocycles. The number of hydrogen-bond donors (Lipinski definition) is 5. The van der Waals surface area contributed by atoms with Gasteiger partial charge < -0.3 is 26.8 Å². The zero-order valence-corrected chi connectivity index (χ0v) is 21.4. The van der Waals surface area contributed by atoms with Crippen LogP contribution in [0, 0.1) is 0 Å². The Balaban J connectivity index is 1.87. The molecule has 8 heteroatoms. The van der Waals surface area contributed by atoms with Gasteiger partial charge in [0.05, 0.1) is 13.2 Å². The summed E-state index contributed by atoms with van der Waals surface area (Å²) in [6.07, 6.45) is 5.45. The van der Waals surface area contributed by atoms with Crippen molar-refractivity contribution in [1.82, 2.24) is 21.1 Å². The van der Waals surface area contributed by atoms with Crippen LogP contribution in [0.2, 0.25) is 0 Å². The van der Waals surface area contributed by atoms with Gasteiger partial charge in [-0.2, -0.15) is 0 Å². The molecule has 1 atom stereocenters. The Morgan fingerprint density at radius 2 is 1.66 bits per heavy atom. The van der Waals surface area contributed by atoms with E-state index in [1.165, 1.54) is 11.2 Å². The highest BCUT2D eigenvalue weighted by Crippen LogP contribution is 2.38. The Kier molecular flexibility index (Phi) is 8.48. The number of benzene rings is 3. The number of ether oxygens (including phenoxy) is 1. The Morgan fingerprint density at radius 1 is 1.00 bits per heavy atom. The van der Waals surface area contributed by atoms with Gasteiger partial charge in [0.15, 0.2) is 0 Å². The van der Waals surface area contributed by atoms with Crippen molar-refractivity contribution in [3.05, 3.63) is 137 Å². The predicted octanol–water partition coefficient (Wildman–Crippen LogP) is 3.92. The van der Waals surface area contributed by atoms with Gasteiger partial charge in [-0.3, -0.25) is 4.79 Å². The summed E-state index contributed by atoms with van der Waals surface area (Å²) in [6.45, 7) is 1.97. The maximum absolute atomic E-state index is 12.3. The first kappa shape index (κ1) is 26.1. The largest absolute Gasteiger partial charge is 0.497 e. The molecule has 1 aliphatic rings. The molecule has 3 aromatic rings. The van der Waals surface area contributed by atoms with Gasteiger partial charge in [-0.1, -0.05) is 72.8 Å². The normalized spacial score (nSPS) is 16.4. The second-order valence-electron chi connectivity index (χ2n) is 8.56. The zero-order chi connectivity index (χ0) is 26.9. The Labute approximate surface area is 222 Å². The molecule has 0 spiro atoms. The topological polar surface area (TPSA) is 118 Å². The fraction of sp³-hybridized carbons (Fsp3) is 0.100. The molecule has 0 saturated heterocycles. The van der Waals surface area contributed by atoms with E-state index < -0.39 is 0 Å². The Hall–Kier alpha value is -4.95. The number of methoxy groups -OCH3 is 1. The van der Waals surface area contributed by atoms with Crippen LogP contribution in [0.3, 0.4) is 0 Å². The number of nitrogens with zero attached hydrogens (tertiary/aromatic N) is 1. The Bertz CT molecular complexity index is 1360. The van der Waals surface area contributed by atoms with Crippen LogP contribution in [0.5, 0.6) is 5.75 Å². The van der Waals surface area contributed by atoms with Crippen LogP contribution < -0.4 is 32.3 Å². The predicted molar refractivity (Wildman–Crippen MR) is 151 cm³/mol. The third-order valence-electron chi connectivity index (χ3n) is 6.17. The molecule has 8 nitrogen and oxygen atoms in total. The van der Waals surface area contributed by atoms with Gasteiger partial charge in [0.1, 0.15) is 23.2 Å². The third-order valence-corrected chi connectivity index (χ3v) is 6.17. The number of hydrazine groups is 1. The average molecular weight is 509 g/mol. The fourth-order valence-corrected chi connectivity index (χ4v) is 4.22. The quantitative estimate of drug-likeness (QED) is 0.208. The van der Waals surface area contributed by atoms with E-state index in [9.17, 15) is 4.79 Å². The second-order valence-corrected chi connectivity index (χ2v) is 8.56. The highest BCUT2D eigenvalue weighted by molar-refractivity contribution is 5.79. The molecular weight excluding hydrogens is 476 g/mol. The minimum absolute atomic E-state index is 0.262. The number of hydrogen-bond acceptors (Lipinski definition) is 7. The number of rotatable bonds is 10. The van der Waals surface area contributed by atoms with Gasteiger partial charge in [-0.15, -0.1) is 0 Å². The number of carbonyl (C=O) groups is 1. The average Bonchev–Trinajstić information content (AvgIpc) is 3.34. The lowest BCUT2D eigenvalue weighted by molar-refractivity contribution is -0.118. The summed E-state index contributed by atoms with van der Waals surface area (Å²) in [7, 11) is 1.63. The number of amides is 1. The van der Waals surface area contributed by atoms with Crippen LogP contribution >= 0.6 is 0 Å². The van der Waals surface area contributed by atoms with Gasteiger partial charge in [0, 0.05) is 5.57 Å². The van der Waals surface area contributed by atoms with E-state index in [2.05, 4.69) is 16.1 Å². The highest BCUT2D eigenvalue weighted by Gasteiger charge is 2.34. The van der Waals surface area contributed by atoms with Gasteiger partial charge in [0.25, 0.3) is 0 Å². The monoisotopic (exact) mass is 508 g/mol. The van der Waals surface area contributed by atoms with E-state index in [1.54, 1.807) is 19.3 Å². The molecule has 0 aliphatic carbocycles. The minimum atomic E-state index is -0.262. The lowest BCUT2D eigenvalue weighted by Crippen LogP contribution is -2.39. The molecule has 1 unspecified atom stereocenters. The molecule has 1 heterocycles. The van der Waals surface area contributed by atoms with Gasteiger partial charge in [0.2, 0.25) is 6.41 Å². The molecule has 38 heavy (non-hydrogen) atoms. The molecule has 1 amide bonds. The summed E-state index contributed by atoms with van der Waals surface area (Å²) in [6, 6.07) is 27.4. The van der Waals surface area contributed by atoms with Crippen molar-refractivity contribution in [1.29, 1.82) is 0 Å². The van der Waals surface area contributed by atoms with E-state index >= 15 is 0 Å². The zero-order valence-electron chi connectivity index (χ0n) is 21.4. The van der Waals surface area contributed by atoms with E-state index in [0.717, 1.165) is 40.0 Å². The summed E-state index contributed by atoms with van der Waals surface area (Å²) in [4.78, 5) is 12.3. The van der Waals surface area contributed by atoms with E-state index in [0.29, 0.717) is 17.5 Å². The molecule has 4 rings (SSSR count). The maximum atomic E-state index is 12.3. The first-order valence-electron chi connectivity index (χ1n) is 12.1. The van der Waals surface area contributed by atoms with Crippen LogP contribution in [0.4, 0.5) is 0 Å². The third kappa shape index (κ3) is 5.88. The maximum Gasteiger partial charge on any atom is 0.229 e. The highest BCUT2D eigenvalue weighted by atomic mass is 16.5. The minimum Gasteiger partial charge on any atom is -0.497 e. The van der Waals surface area contributed by atoms with Gasteiger partial charge >= 0.3 is 0 Å². The lowest BCUT2D eigenvalue weighted by Gasteiger charge is -2.22. The number of allylic oxidation sites excluding steroid dienone is 3. The smallest absolute Gasteiger partial charge is 0.229 e. The molecule has 0 radical (unpaired) electrons. The SMILES string of the molecule is COc1ccc(/C(C)=C(/NC2=C(c3ccccc3)C(c3ccccc3)NN2C=O)N/C(N)=C/C=C\N)cc1. The van der Waals surface area contributed by atoms with Crippen molar-refractivity contribution in [3.8, 4) is 5.75 Å². The number of carbonyl (C=O) groups excluding carboxylic acids is 1. The van der Waals surface area contributed by atoms with Crippen molar-refractivity contribution in [2.75, 3.05) is 7.11 Å². The summed E-state index contributed by atoms with van der Waals surface area (Å²) in [5.74, 6) is 2.30. The first-order valence-corrected chi connectivity index (χ1v) is 12.1. The molecule has 194 valence electrons. The van der Waals surface area contributed by atoms with Crippen molar-refractivity contribution < 1.29 is 9.53 Å². The summed E-state index contributed by atoms with van der Waals surface area (Å²) in [5.41, 5.74) is 19.8. The van der Waals surface area contributed by atoms with Crippen LogP contribution in [0.25, 0.3) is 11.1 Å². The van der Waals surface area contributed by atoms with Crippen LogP contribution in [0.15, 0.2) is 121 Å². The number of nitrogens with two attached hydrogens (primary N) is 2. The summed E-state index contributed by atoms with van der Waals surface area (Å²) >= 11 is 0. The van der Waals surface area contributed by atoms with E-state index in [1.807, 2.05) is 91.9 Å². The van der Waals surface area contributed by atoms with Crippen molar-refractivity contribution in [3.63, 3.8) is 0 Å². The molecule has 0 fully saturated rings.